The highest BCUT2D eigenvalue weighted by Gasteiger charge is 2.37. The summed E-state index contributed by atoms with van der Waals surface area (Å²) in [6, 6.07) is 7.78. The topological polar surface area (TPSA) is 66.9 Å². The standard InChI is InChI=1S/C17H24N2O4S/c1-5-14-13-18(16(20)23-17(2,3)4)11-12-19(14)24(21,22)15-9-7-6-8-10-15/h5-10,14H,1,11-13H2,2-4H3/t14-/m0/s1. The molecule has 0 radical (unpaired) electrons. The maximum atomic E-state index is 12.8. The van der Waals surface area contributed by atoms with Gasteiger partial charge in [-0.25, -0.2) is 13.2 Å². The first kappa shape index (κ1) is 18.5. The highest BCUT2D eigenvalue weighted by atomic mass is 32.2. The van der Waals surface area contributed by atoms with Crippen LogP contribution in [-0.2, 0) is 14.8 Å². The van der Waals surface area contributed by atoms with Crippen molar-refractivity contribution in [2.24, 2.45) is 0 Å². The van der Waals surface area contributed by atoms with E-state index in [1.165, 1.54) is 9.21 Å². The molecule has 0 unspecified atom stereocenters. The third kappa shape index (κ3) is 4.15. The lowest BCUT2D eigenvalue weighted by Crippen LogP contribution is -2.56. The van der Waals surface area contributed by atoms with Crippen molar-refractivity contribution in [3.63, 3.8) is 0 Å². The van der Waals surface area contributed by atoms with Crippen molar-refractivity contribution in [3.05, 3.63) is 43.0 Å². The Morgan fingerprint density at radius 3 is 2.42 bits per heavy atom. The van der Waals surface area contributed by atoms with Crippen molar-refractivity contribution in [3.8, 4) is 0 Å². The fourth-order valence-electron chi connectivity index (χ4n) is 2.50. The smallest absolute Gasteiger partial charge is 0.410 e. The number of hydrogen-bond acceptors (Lipinski definition) is 4. The van der Waals surface area contributed by atoms with Gasteiger partial charge in [-0.05, 0) is 32.9 Å². The van der Waals surface area contributed by atoms with Gasteiger partial charge in [-0.15, -0.1) is 6.58 Å². The summed E-state index contributed by atoms with van der Waals surface area (Å²) in [4.78, 5) is 14.0. The van der Waals surface area contributed by atoms with Gasteiger partial charge in [0.2, 0.25) is 10.0 Å². The number of hydrogen-bond donors (Lipinski definition) is 0. The lowest BCUT2D eigenvalue weighted by molar-refractivity contribution is 0.0159. The summed E-state index contributed by atoms with van der Waals surface area (Å²) in [5.41, 5.74) is -0.589. The SMILES string of the molecule is C=C[C@H]1CN(C(=O)OC(C)(C)C)CCN1S(=O)(=O)c1ccccc1. The van der Waals surface area contributed by atoms with Crippen molar-refractivity contribution in [1.29, 1.82) is 0 Å². The molecule has 7 heteroatoms. The zero-order valence-corrected chi connectivity index (χ0v) is 15.1. The second kappa shape index (κ2) is 6.94. The monoisotopic (exact) mass is 352 g/mol. The summed E-state index contributed by atoms with van der Waals surface area (Å²) in [5, 5.41) is 0. The Morgan fingerprint density at radius 1 is 1.25 bits per heavy atom. The first-order chi connectivity index (χ1) is 11.1. The van der Waals surface area contributed by atoms with Crippen LogP contribution in [0.3, 0.4) is 0 Å². The fourth-order valence-corrected chi connectivity index (χ4v) is 4.11. The van der Waals surface area contributed by atoms with E-state index in [-0.39, 0.29) is 24.5 Å². The van der Waals surface area contributed by atoms with Crippen LogP contribution in [-0.4, -0.2) is 55.0 Å². The normalized spacial score (nSPS) is 19.8. The van der Waals surface area contributed by atoms with Crippen LogP contribution < -0.4 is 0 Å². The van der Waals surface area contributed by atoms with Crippen molar-refractivity contribution in [2.45, 2.75) is 37.3 Å². The molecule has 0 aromatic heterocycles. The summed E-state index contributed by atoms with van der Waals surface area (Å²) in [5.74, 6) is 0. The van der Waals surface area contributed by atoms with Crippen LogP contribution in [0.15, 0.2) is 47.9 Å². The number of nitrogens with zero attached hydrogens (tertiary/aromatic N) is 2. The second-order valence-corrected chi connectivity index (χ2v) is 8.55. The predicted molar refractivity (Wildman–Crippen MR) is 92.1 cm³/mol. The molecule has 2 rings (SSSR count). The highest BCUT2D eigenvalue weighted by molar-refractivity contribution is 7.89. The van der Waals surface area contributed by atoms with Gasteiger partial charge in [-0.2, -0.15) is 4.31 Å². The molecule has 1 saturated heterocycles. The van der Waals surface area contributed by atoms with Crippen LogP contribution in [0.5, 0.6) is 0 Å². The maximum absolute atomic E-state index is 12.8. The number of ether oxygens (including phenoxy) is 1. The zero-order chi connectivity index (χ0) is 18.0. The molecule has 132 valence electrons. The van der Waals surface area contributed by atoms with Crippen molar-refractivity contribution >= 4 is 16.1 Å². The van der Waals surface area contributed by atoms with E-state index in [0.29, 0.717) is 0 Å². The fraction of sp³-hybridized carbons (Fsp3) is 0.471. The van der Waals surface area contributed by atoms with E-state index >= 15 is 0 Å². The molecular formula is C17H24N2O4S. The van der Waals surface area contributed by atoms with E-state index in [2.05, 4.69) is 6.58 Å². The number of piperazine rings is 1. The molecule has 0 aliphatic carbocycles. The Kier molecular flexibility index (Phi) is 5.35. The van der Waals surface area contributed by atoms with Crippen LogP contribution in [0.4, 0.5) is 4.79 Å². The minimum atomic E-state index is -3.62. The molecule has 1 heterocycles. The van der Waals surface area contributed by atoms with Crippen LogP contribution in [0.2, 0.25) is 0 Å². The van der Waals surface area contributed by atoms with Crippen LogP contribution in [0, 0.1) is 0 Å². The summed E-state index contributed by atoms with van der Waals surface area (Å²) in [6.45, 7) is 9.83. The first-order valence-corrected chi connectivity index (χ1v) is 9.26. The first-order valence-electron chi connectivity index (χ1n) is 7.82. The van der Waals surface area contributed by atoms with Crippen molar-refractivity contribution in [2.75, 3.05) is 19.6 Å². The largest absolute Gasteiger partial charge is 0.444 e. The third-order valence-corrected chi connectivity index (χ3v) is 5.58. The number of benzene rings is 1. The van der Waals surface area contributed by atoms with E-state index in [1.807, 2.05) is 0 Å². The summed E-state index contributed by atoms with van der Waals surface area (Å²) in [6.07, 6.45) is 1.11. The highest BCUT2D eigenvalue weighted by Crippen LogP contribution is 2.23. The summed E-state index contributed by atoms with van der Waals surface area (Å²) in [7, 11) is -3.62. The maximum Gasteiger partial charge on any atom is 0.410 e. The Morgan fingerprint density at radius 2 is 1.88 bits per heavy atom. The molecule has 1 atom stereocenters. The van der Waals surface area contributed by atoms with Gasteiger partial charge in [0, 0.05) is 19.6 Å². The summed E-state index contributed by atoms with van der Waals surface area (Å²) < 4.78 is 32.4. The molecule has 0 saturated carbocycles. The van der Waals surface area contributed by atoms with Crippen molar-refractivity contribution < 1.29 is 17.9 Å². The minimum Gasteiger partial charge on any atom is -0.444 e. The number of carbonyl (C=O) groups is 1. The van der Waals surface area contributed by atoms with Gasteiger partial charge < -0.3 is 9.64 Å². The number of rotatable bonds is 3. The molecule has 6 nitrogen and oxygen atoms in total. The molecule has 0 spiro atoms. The number of carbonyl (C=O) groups excluding carboxylic acids is 1. The van der Waals surface area contributed by atoms with Gasteiger partial charge in [-0.1, -0.05) is 24.3 Å². The molecule has 1 aromatic carbocycles. The Labute approximate surface area is 143 Å². The second-order valence-electron chi connectivity index (χ2n) is 6.66. The van der Waals surface area contributed by atoms with E-state index in [1.54, 1.807) is 57.2 Å². The quantitative estimate of drug-likeness (QED) is 0.784. The number of sulfonamides is 1. The van der Waals surface area contributed by atoms with Crippen LogP contribution in [0.25, 0.3) is 0 Å². The lowest BCUT2D eigenvalue weighted by atomic mass is 10.2. The molecule has 1 aliphatic rings. The predicted octanol–water partition coefficient (Wildman–Crippen LogP) is 2.48. The Balaban J connectivity index is 2.17. The third-order valence-electron chi connectivity index (χ3n) is 3.64. The molecule has 1 aliphatic heterocycles. The Hall–Kier alpha value is -1.86. The Bertz CT molecular complexity index is 695. The van der Waals surface area contributed by atoms with E-state index in [0.717, 1.165) is 0 Å². The van der Waals surface area contributed by atoms with Gasteiger partial charge in [0.05, 0.1) is 10.9 Å². The molecule has 0 N–H and O–H groups in total. The van der Waals surface area contributed by atoms with Gasteiger partial charge in [0.1, 0.15) is 5.60 Å². The molecule has 24 heavy (non-hydrogen) atoms. The minimum absolute atomic E-state index is 0.202. The van der Waals surface area contributed by atoms with Gasteiger partial charge in [0.15, 0.2) is 0 Å². The molecule has 1 aromatic rings. The van der Waals surface area contributed by atoms with E-state index < -0.39 is 27.8 Å². The molecule has 0 bridgehead atoms. The lowest BCUT2D eigenvalue weighted by Gasteiger charge is -2.39. The molecular weight excluding hydrogens is 328 g/mol. The number of amides is 1. The van der Waals surface area contributed by atoms with E-state index in [9.17, 15) is 13.2 Å². The average molecular weight is 352 g/mol. The molecule has 1 amide bonds. The van der Waals surface area contributed by atoms with Crippen LogP contribution in [0.1, 0.15) is 20.8 Å². The van der Waals surface area contributed by atoms with Gasteiger partial charge in [-0.3, -0.25) is 0 Å². The van der Waals surface area contributed by atoms with E-state index in [4.69, 9.17) is 4.74 Å². The average Bonchev–Trinajstić information content (AvgIpc) is 2.53. The van der Waals surface area contributed by atoms with Gasteiger partial charge in [0.25, 0.3) is 0 Å². The zero-order valence-electron chi connectivity index (χ0n) is 14.3. The molecule has 1 fully saturated rings. The summed E-state index contributed by atoms with van der Waals surface area (Å²) >= 11 is 0. The van der Waals surface area contributed by atoms with Gasteiger partial charge >= 0.3 is 6.09 Å². The van der Waals surface area contributed by atoms with Crippen molar-refractivity contribution in [1.82, 2.24) is 9.21 Å². The van der Waals surface area contributed by atoms with Crippen LogP contribution >= 0.6 is 0 Å².